The van der Waals surface area contributed by atoms with Crippen LogP contribution in [0.3, 0.4) is 0 Å². The minimum absolute atomic E-state index is 0.165. The van der Waals surface area contributed by atoms with E-state index in [2.05, 4.69) is 0 Å². The highest BCUT2D eigenvalue weighted by Gasteiger charge is 2.10. The Kier molecular flexibility index (Phi) is 4.90. The Morgan fingerprint density at radius 3 is 2.53 bits per heavy atom. The number of halogens is 1. The third-order valence-corrected chi connectivity index (χ3v) is 2.79. The van der Waals surface area contributed by atoms with Crippen molar-refractivity contribution < 1.29 is 9.50 Å². The average Bonchev–Trinajstić information content (AvgIpc) is 2.25. The van der Waals surface area contributed by atoms with Crippen molar-refractivity contribution in [1.29, 1.82) is 0 Å². The van der Waals surface area contributed by atoms with Gasteiger partial charge in [0.05, 0.1) is 11.8 Å². The minimum atomic E-state index is -0.371. The first-order valence-electron chi connectivity index (χ1n) is 5.86. The van der Waals surface area contributed by atoms with E-state index >= 15 is 0 Å². The fourth-order valence-electron chi connectivity index (χ4n) is 1.62. The average molecular weight is 240 g/mol. The summed E-state index contributed by atoms with van der Waals surface area (Å²) >= 11 is 0. The van der Waals surface area contributed by atoms with Gasteiger partial charge >= 0.3 is 0 Å². The van der Waals surface area contributed by atoms with E-state index in [1.54, 1.807) is 17.9 Å². The van der Waals surface area contributed by atoms with Gasteiger partial charge in [0.2, 0.25) is 0 Å². The normalized spacial score (nSPS) is 14.5. The summed E-state index contributed by atoms with van der Waals surface area (Å²) in [5.74, 6) is -0.270. The Hall–Kier alpha value is -1.13. The number of anilines is 1. The van der Waals surface area contributed by atoms with Crippen molar-refractivity contribution in [2.75, 3.05) is 18.5 Å². The second-order valence-electron chi connectivity index (χ2n) is 4.56. The van der Waals surface area contributed by atoms with Gasteiger partial charge < -0.3 is 15.7 Å². The highest BCUT2D eigenvalue weighted by Crippen LogP contribution is 2.22. The molecule has 0 saturated heterocycles. The highest BCUT2D eigenvalue weighted by molar-refractivity contribution is 5.48. The Balaban J connectivity index is 2.77. The van der Waals surface area contributed by atoms with Crippen molar-refractivity contribution in [2.24, 2.45) is 5.73 Å². The van der Waals surface area contributed by atoms with Gasteiger partial charge in [0.1, 0.15) is 5.82 Å². The van der Waals surface area contributed by atoms with Gasteiger partial charge in [0.15, 0.2) is 0 Å². The summed E-state index contributed by atoms with van der Waals surface area (Å²) in [5, 5.41) is 9.20. The molecule has 0 saturated carbocycles. The molecule has 3 nitrogen and oxygen atoms in total. The molecule has 1 aromatic rings. The highest BCUT2D eigenvalue weighted by atomic mass is 19.1. The van der Waals surface area contributed by atoms with Gasteiger partial charge in [-0.05, 0) is 38.0 Å². The lowest BCUT2D eigenvalue weighted by Crippen LogP contribution is -2.23. The first kappa shape index (κ1) is 13.9. The molecule has 0 aromatic heterocycles. The smallest absolute Gasteiger partial charge is 0.146 e. The van der Waals surface area contributed by atoms with Crippen LogP contribution in [0.5, 0.6) is 0 Å². The fraction of sp³-hybridized carbons (Fsp3) is 0.538. The molecule has 0 bridgehead atoms. The van der Waals surface area contributed by atoms with Crippen molar-refractivity contribution in [3.05, 3.63) is 29.6 Å². The summed E-state index contributed by atoms with van der Waals surface area (Å²) in [4.78, 5) is 1.80. The molecular weight excluding hydrogens is 219 g/mol. The summed E-state index contributed by atoms with van der Waals surface area (Å²) in [6, 6.07) is 4.87. The van der Waals surface area contributed by atoms with Crippen LogP contribution in [-0.4, -0.2) is 24.8 Å². The molecule has 2 atom stereocenters. The Labute approximate surface area is 102 Å². The lowest BCUT2D eigenvalue weighted by molar-refractivity contribution is 0.187. The largest absolute Gasteiger partial charge is 0.393 e. The molecule has 0 radical (unpaired) electrons. The summed E-state index contributed by atoms with van der Waals surface area (Å²) < 4.78 is 13.8. The van der Waals surface area contributed by atoms with Crippen LogP contribution in [0.25, 0.3) is 0 Å². The van der Waals surface area contributed by atoms with Gasteiger partial charge in [0.25, 0.3) is 0 Å². The molecule has 96 valence electrons. The molecule has 0 aliphatic heterocycles. The number of benzene rings is 1. The molecule has 17 heavy (non-hydrogen) atoms. The lowest BCUT2D eigenvalue weighted by Gasteiger charge is -2.21. The standard InChI is InChI=1S/C13H21FN2O/c1-9(17)6-7-16(3)13-5-4-11(10(2)15)8-12(13)14/h4-5,8-10,17H,6-7,15H2,1-3H3/t9?,10-/m0/s1. The predicted octanol–water partition coefficient (Wildman–Crippen LogP) is 2.05. The molecule has 1 unspecified atom stereocenters. The lowest BCUT2D eigenvalue weighted by atomic mass is 10.1. The van der Waals surface area contributed by atoms with Crippen LogP contribution in [0.2, 0.25) is 0 Å². The van der Waals surface area contributed by atoms with Crippen LogP contribution in [0.4, 0.5) is 10.1 Å². The number of nitrogens with zero attached hydrogens (tertiary/aromatic N) is 1. The van der Waals surface area contributed by atoms with Crippen molar-refractivity contribution in [1.82, 2.24) is 0 Å². The third-order valence-electron chi connectivity index (χ3n) is 2.79. The summed E-state index contributed by atoms with van der Waals surface area (Å²) in [7, 11) is 1.81. The number of aliphatic hydroxyl groups is 1. The zero-order valence-electron chi connectivity index (χ0n) is 10.7. The molecule has 0 spiro atoms. The van der Waals surface area contributed by atoms with E-state index in [9.17, 15) is 9.50 Å². The Bertz CT molecular complexity index is 366. The SMILES string of the molecule is CC(O)CCN(C)c1ccc([C@H](C)N)cc1F. The molecule has 0 heterocycles. The maximum absolute atomic E-state index is 13.8. The first-order chi connectivity index (χ1) is 7.91. The number of hydrogen-bond acceptors (Lipinski definition) is 3. The molecule has 0 fully saturated rings. The number of nitrogens with two attached hydrogens (primary N) is 1. The Morgan fingerprint density at radius 1 is 1.41 bits per heavy atom. The molecule has 1 aromatic carbocycles. The predicted molar refractivity (Wildman–Crippen MR) is 68.6 cm³/mol. The van der Waals surface area contributed by atoms with Crippen molar-refractivity contribution in [2.45, 2.75) is 32.4 Å². The van der Waals surface area contributed by atoms with Crippen LogP contribution in [0.1, 0.15) is 31.9 Å². The van der Waals surface area contributed by atoms with Gasteiger partial charge in [-0.25, -0.2) is 4.39 Å². The van der Waals surface area contributed by atoms with E-state index < -0.39 is 0 Å². The maximum atomic E-state index is 13.8. The number of aliphatic hydroxyl groups excluding tert-OH is 1. The van der Waals surface area contributed by atoms with Crippen molar-refractivity contribution >= 4 is 5.69 Å². The monoisotopic (exact) mass is 240 g/mol. The maximum Gasteiger partial charge on any atom is 0.146 e. The molecule has 0 amide bonds. The van der Waals surface area contributed by atoms with Crippen LogP contribution in [-0.2, 0) is 0 Å². The van der Waals surface area contributed by atoms with E-state index in [1.165, 1.54) is 6.07 Å². The van der Waals surface area contributed by atoms with Crippen LogP contribution >= 0.6 is 0 Å². The van der Waals surface area contributed by atoms with Gasteiger partial charge in [-0.1, -0.05) is 6.07 Å². The van der Waals surface area contributed by atoms with Gasteiger partial charge in [0, 0.05) is 19.6 Å². The second kappa shape index (κ2) is 5.98. The van der Waals surface area contributed by atoms with Gasteiger partial charge in [-0.2, -0.15) is 0 Å². The van der Waals surface area contributed by atoms with Crippen LogP contribution in [0.15, 0.2) is 18.2 Å². The summed E-state index contributed by atoms with van der Waals surface area (Å²) in [5.41, 5.74) is 7.02. The Morgan fingerprint density at radius 2 is 2.06 bits per heavy atom. The minimum Gasteiger partial charge on any atom is -0.393 e. The van der Waals surface area contributed by atoms with E-state index in [1.807, 2.05) is 20.0 Å². The van der Waals surface area contributed by atoms with Crippen LogP contribution in [0, 0.1) is 5.82 Å². The molecule has 3 N–H and O–H groups in total. The molecule has 0 aliphatic rings. The summed E-state index contributed by atoms with van der Waals surface area (Å²) in [6.07, 6.45) is 0.245. The van der Waals surface area contributed by atoms with E-state index in [4.69, 9.17) is 5.73 Å². The van der Waals surface area contributed by atoms with E-state index in [-0.39, 0.29) is 18.0 Å². The van der Waals surface area contributed by atoms with Crippen LogP contribution < -0.4 is 10.6 Å². The quantitative estimate of drug-likeness (QED) is 0.828. The topological polar surface area (TPSA) is 49.5 Å². The number of rotatable bonds is 5. The zero-order chi connectivity index (χ0) is 13.0. The molecule has 4 heteroatoms. The van der Waals surface area contributed by atoms with Crippen molar-refractivity contribution in [3.8, 4) is 0 Å². The molecule has 1 rings (SSSR count). The zero-order valence-corrected chi connectivity index (χ0v) is 10.7. The van der Waals surface area contributed by atoms with Gasteiger partial charge in [-0.3, -0.25) is 0 Å². The van der Waals surface area contributed by atoms with E-state index in [0.29, 0.717) is 18.7 Å². The van der Waals surface area contributed by atoms with Crippen molar-refractivity contribution in [3.63, 3.8) is 0 Å². The summed E-state index contributed by atoms with van der Waals surface area (Å²) in [6.45, 7) is 4.17. The first-order valence-corrected chi connectivity index (χ1v) is 5.86. The van der Waals surface area contributed by atoms with E-state index in [0.717, 1.165) is 5.56 Å². The fourth-order valence-corrected chi connectivity index (χ4v) is 1.62. The third kappa shape index (κ3) is 3.98. The number of hydrogen-bond donors (Lipinski definition) is 2. The molecular formula is C13H21FN2O. The van der Waals surface area contributed by atoms with Gasteiger partial charge in [-0.15, -0.1) is 0 Å². The second-order valence-corrected chi connectivity index (χ2v) is 4.56. The molecule has 0 aliphatic carbocycles.